The van der Waals surface area contributed by atoms with E-state index in [0.717, 1.165) is 22.0 Å². The van der Waals surface area contributed by atoms with Crippen LogP contribution < -0.4 is 19.9 Å². The number of carbonyl (C=O) groups is 1. The molecule has 0 spiro atoms. The Bertz CT molecular complexity index is 1290. The second-order valence-electron chi connectivity index (χ2n) is 7.86. The summed E-state index contributed by atoms with van der Waals surface area (Å²) in [7, 11) is 0. The number of nitrogens with two attached hydrogens (primary N) is 1. The highest BCUT2D eigenvalue weighted by molar-refractivity contribution is 9.10. The maximum absolute atomic E-state index is 12.6. The number of rotatable bonds is 6. The highest BCUT2D eigenvalue weighted by Crippen LogP contribution is 2.43. The minimum Gasteiger partial charge on any atom is -0.479 e. The van der Waals surface area contributed by atoms with E-state index in [4.69, 9.17) is 19.9 Å². The maximum atomic E-state index is 12.6. The molecule has 0 aliphatic carbocycles. The fourth-order valence-electron chi connectivity index (χ4n) is 3.78. The average molecular weight is 519 g/mol. The molecule has 1 aliphatic heterocycles. The van der Waals surface area contributed by atoms with Crippen LogP contribution in [0.3, 0.4) is 0 Å². The first-order valence-corrected chi connectivity index (χ1v) is 11.6. The molecule has 0 radical (unpaired) electrons. The lowest BCUT2D eigenvalue weighted by atomic mass is 9.83. The van der Waals surface area contributed by atoms with Crippen LogP contribution in [0, 0.1) is 11.3 Å². The summed E-state index contributed by atoms with van der Waals surface area (Å²) in [4.78, 5) is 12.6. The van der Waals surface area contributed by atoms with Crippen LogP contribution in [0.15, 0.2) is 82.7 Å². The Balaban J connectivity index is 1.55. The fraction of sp³-hybridized carbons (Fsp3) is 0.185. The molecule has 2 N–H and O–H groups in total. The van der Waals surface area contributed by atoms with E-state index in [1.54, 1.807) is 25.1 Å². The summed E-state index contributed by atoms with van der Waals surface area (Å²) in [5.41, 5.74) is 9.22. The minimum absolute atomic E-state index is 0.0238. The Morgan fingerprint density at radius 3 is 2.56 bits per heavy atom. The molecule has 172 valence electrons. The number of halogens is 1. The Hall–Kier alpha value is -3.76. The van der Waals surface area contributed by atoms with Crippen molar-refractivity contribution < 1.29 is 19.0 Å². The number of nitrogens with zero attached hydrogens (tertiary/aromatic N) is 1. The van der Waals surface area contributed by atoms with Gasteiger partial charge in [-0.3, -0.25) is 0 Å². The minimum atomic E-state index is -0.811. The number of hydrogen-bond acceptors (Lipinski definition) is 6. The largest absolute Gasteiger partial charge is 0.479 e. The van der Waals surface area contributed by atoms with Crippen molar-refractivity contribution in [3.8, 4) is 23.3 Å². The monoisotopic (exact) mass is 518 g/mol. The Morgan fingerprint density at radius 1 is 1.15 bits per heavy atom. The summed E-state index contributed by atoms with van der Waals surface area (Å²) in [6.07, 6.45) is 0.116. The van der Waals surface area contributed by atoms with Gasteiger partial charge in [0, 0.05) is 16.1 Å². The van der Waals surface area contributed by atoms with Gasteiger partial charge >= 0.3 is 5.97 Å². The lowest BCUT2D eigenvalue weighted by molar-refractivity contribution is -0.141. The molecule has 0 amide bonds. The molecule has 3 aromatic rings. The van der Waals surface area contributed by atoms with Crippen molar-refractivity contribution in [2.75, 3.05) is 0 Å². The third-order valence-corrected chi connectivity index (χ3v) is 6.06. The molecule has 2 atom stereocenters. The quantitative estimate of drug-likeness (QED) is 0.337. The summed E-state index contributed by atoms with van der Waals surface area (Å²) in [6, 6.07) is 22.5. The molecular weight excluding hydrogens is 496 g/mol. The summed E-state index contributed by atoms with van der Waals surface area (Å²) in [5, 5.41) is 9.71. The summed E-state index contributed by atoms with van der Waals surface area (Å²) >= 11 is 3.48. The van der Waals surface area contributed by atoms with Crippen LogP contribution in [0.4, 0.5) is 0 Å². The van der Waals surface area contributed by atoms with Crippen LogP contribution >= 0.6 is 15.9 Å². The van der Waals surface area contributed by atoms with Gasteiger partial charge in [0.25, 0.3) is 0 Å². The predicted molar refractivity (Wildman–Crippen MR) is 131 cm³/mol. The predicted octanol–water partition coefficient (Wildman–Crippen LogP) is 5.60. The van der Waals surface area contributed by atoms with E-state index in [2.05, 4.69) is 28.9 Å². The number of hydrogen-bond donors (Lipinski definition) is 1. The molecule has 0 aromatic heterocycles. The number of carbonyl (C=O) groups excluding carboxylic acids is 1. The summed E-state index contributed by atoms with van der Waals surface area (Å²) < 4.78 is 17.9. The second-order valence-corrected chi connectivity index (χ2v) is 8.77. The molecular formula is C27H23BrN2O4. The lowest BCUT2D eigenvalue weighted by Crippen LogP contribution is -2.28. The molecule has 3 aromatic carbocycles. The zero-order chi connectivity index (χ0) is 24.2. The highest BCUT2D eigenvalue weighted by atomic mass is 79.9. The van der Waals surface area contributed by atoms with Gasteiger partial charge in [0.15, 0.2) is 6.10 Å². The Labute approximate surface area is 206 Å². The van der Waals surface area contributed by atoms with Crippen molar-refractivity contribution >= 4 is 21.9 Å². The third-order valence-electron chi connectivity index (χ3n) is 5.57. The topological polar surface area (TPSA) is 94.6 Å². The molecule has 2 unspecified atom stereocenters. The van der Waals surface area contributed by atoms with Crippen LogP contribution in [0.1, 0.15) is 36.5 Å². The van der Waals surface area contributed by atoms with Gasteiger partial charge in [-0.1, -0.05) is 53.2 Å². The third kappa shape index (κ3) is 4.92. The first-order valence-electron chi connectivity index (χ1n) is 10.8. The number of ether oxygens (including phenoxy) is 3. The molecule has 0 saturated heterocycles. The Kier molecular flexibility index (Phi) is 6.90. The first kappa shape index (κ1) is 23.4. The number of nitriles is 1. The van der Waals surface area contributed by atoms with Gasteiger partial charge < -0.3 is 19.9 Å². The normalized spacial score (nSPS) is 15.5. The van der Waals surface area contributed by atoms with Gasteiger partial charge in [-0.15, -0.1) is 0 Å². The van der Waals surface area contributed by atoms with Crippen molar-refractivity contribution in [3.63, 3.8) is 0 Å². The number of benzene rings is 3. The first-order chi connectivity index (χ1) is 16.4. The SMILES string of the molecule is CCc1ccc(OC(C)C(=O)Oc2ccc3c(c2)OC(N)=C(C#N)C3c2cccc(Br)c2)cc1. The fourth-order valence-corrected chi connectivity index (χ4v) is 4.20. The zero-order valence-corrected chi connectivity index (χ0v) is 20.3. The van der Waals surface area contributed by atoms with Crippen LogP contribution in [-0.4, -0.2) is 12.1 Å². The van der Waals surface area contributed by atoms with E-state index in [0.29, 0.717) is 22.8 Å². The standard InChI is InChI=1S/C27H23BrN2O4/c1-3-17-7-9-20(10-8-17)32-16(2)27(31)33-21-11-12-22-24(14-21)34-26(30)23(15-29)25(22)18-5-4-6-19(28)13-18/h4-14,16,25H,3,30H2,1-2H3. The Morgan fingerprint density at radius 2 is 1.88 bits per heavy atom. The van der Waals surface area contributed by atoms with Crippen molar-refractivity contribution in [1.82, 2.24) is 0 Å². The van der Waals surface area contributed by atoms with E-state index in [1.165, 1.54) is 5.56 Å². The second kappa shape index (κ2) is 10.0. The number of esters is 1. The lowest BCUT2D eigenvalue weighted by Gasteiger charge is -2.27. The van der Waals surface area contributed by atoms with Crippen molar-refractivity contribution in [2.24, 2.45) is 5.73 Å². The average Bonchev–Trinajstić information content (AvgIpc) is 2.83. The number of fused-ring (bicyclic) bond motifs is 1. The smallest absolute Gasteiger partial charge is 0.352 e. The van der Waals surface area contributed by atoms with E-state index in [1.807, 2.05) is 48.5 Å². The molecule has 1 aliphatic rings. The van der Waals surface area contributed by atoms with E-state index < -0.39 is 18.0 Å². The molecule has 7 heteroatoms. The van der Waals surface area contributed by atoms with Crippen LogP contribution in [0.5, 0.6) is 17.2 Å². The van der Waals surface area contributed by atoms with E-state index in [9.17, 15) is 10.1 Å². The van der Waals surface area contributed by atoms with Gasteiger partial charge in [0.2, 0.25) is 5.88 Å². The molecule has 4 rings (SSSR count). The number of allylic oxidation sites excluding steroid dienone is 1. The zero-order valence-electron chi connectivity index (χ0n) is 18.7. The number of aryl methyl sites for hydroxylation is 1. The molecule has 0 fully saturated rings. The van der Waals surface area contributed by atoms with Gasteiger partial charge in [0.1, 0.15) is 28.9 Å². The summed E-state index contributed by atoms with van der Waals surface area (Å²) in [6.45, 7) is 3.71. The van der Waals surface area contributed by atoms with E-state index >= 15 is 0 Å². The van der Waals surface area contributed by atoms with Gasteiger partial charge in [0.05, 0.1) is 5.92 Å². The molecule has 0 saturated carbocycles. The van der Waals surface area contributed by atoms with Crippen LogP contribution in [0.25, 0.3) is 0 Å². The molecule has 0 bridgehead atoms. The molecule has 1 heterocycles. The van der Waals surface area contributed by atoms with Gasteiger partial charge in [-0.25, -0.2) is 4.79 Å². The summed E-state index contributed by atoms with van der Waals surface area (Å²) in [5.74, 6) is 0.395. The van der Waals surface area contributed by atoms with Crippen molar-refractivity contribution in [3.05, 3.63) is 99.3 Å². The van der Waals surface area contributed by atoms with Crippen molar-refractivity contribution in [2.45, 2.75) is 32.3 Å². The van der Waals surface area contributed by atoms with Crippen molar-refractivity contribution in [1.29, 1.82) is 5.26 Å². The molecule has 34 heavy (non-hydrogen) atoms. The van der Waals surface area contributed by atoms with Crippen LogP contribution in [-0.2, 0) is 11.2 Å². The maximum Gasteiger partial charge on any atom is 0.352 e. The van der Waals surface area contributed by atoms with Gasteiger partial charge in [-0.2, -0.15) is 5.26 Å². The van der Waals surface area contributed by atoms with E-state index in [-0.39, 0.29) is 5.88 Å². The molecule has 6 nitrogen and oxygen atoms in total. The van der Waals surface area contributed by atoms with Gasteiger partial charge in [-0.05, 0) is 54.8 Å². The highest BCUT2D eigenvalue weighted by Gasteiger charge is 2.31. The van der Waals surface area contributed by atoms with Crippen LogP contribution in [0.2, 0.25) is 0 Å².